The first-order chi connectivity index (χ1) is 9.24. The predicted octanol–water partition coefficient (Wildman–Crippen LogP) is 2.35. The van der Waals surface area contributed by atoms with E-state index in [4.69, 9.17) is 0 Å². The van der Waals surface area contributed by atoms with Crippen LogP contribution in [0.2, 0.25) is 0 Å². The highest BCUT2D eigenvalue weighted by atomic mass is 16.5. The van der Waals surface area contributed by atoms with Gasteiger partial charge < -0.3 is 10.2 Å². The van der Waals surface area contributed by atoms with Crippen molar-refractivity contribution < 1.29 is 5.21 Å². The van der Waals surface area contributed by atoms with Crippen LogP contribution in [-0.2, 0) is 12.8 Å². The molecule has 0 fully saturated rings. The summed E-state index contributed by atoms with van der Waals surface area (Å²) in [6.07, 6.45) is 5.13. The number of aryl methyl sites for hydroxylation is 2. The molecule has 0 bridgehead atoms. The molecule has 96 valence electrons. The fourth-order valence-corrected chi connectivity index (χ4v) is 2.28. The summed E-state index contributed by atoms with van der Waals surface area (Å²) in [5.74, 6) is 0. The Labute approximate surface area is 109 Å². The van der Waals surface area contributed by atoms with E-state index in [1.807, 2.05) is 24.4 Å². The lowest BCUT2D eigenvalue weighted by Crippen LogP contribution is -2.16. The van der Waals surface area contributed by atoms with Gasteiger partial charge in [-0.3, -0.25) is 4.79 Å². The Morgan fingerprint density at radius 3 is 2.79 bits per heavy atom. The second kappa shape index (κ2) is 4.65. The molecule has 0 amide bonds. The number of aromatic amines is 1. The van der Waals surface area contributed by atoms with Crippen molar-refractivity contribution in [3.8, 4) is 0 Å². The van der Waals surface area contributed by atoms with Gasteiger partial charge in [0.05, 0.1) is 6.20 Å². The summed E-state index contributed by atoms with van der Waals surface area (Å²) in [4.78, 5) is 14.3. The third kappa shape index (κ3) is 2.25. The molecule has 3 rings (SSSR count). The van der Waals surface area contributed by atoms with Crippen molar-refractivity contribution in [2.24, 2.45) is 0 Å². The summed E-state index contributed by atoms with van der Waals surface area (Å²) < 4.78 is 0.630. The number of benzene rings is 1. The molecule has 2 N–H and O–H groups in total. The van der Waals surface area contributed by atoms with Gasteiger partial charge in [0.15, 0.2) is 0 Å². The van der Waals surface area contributed by atoms with Crippen molar-refractivity contribution in [3.63, 3.8) is 0 Å². The normalized spacial score (nSPS) is 10.9. The fraction of sp³-hybridized carbons (Fsp3) is 0.133. The van der Waals surface area contributed by atoms with Crippen molar-refractivity contribution in [2.75, 3.05) is 0 Å². The van der Waals surface area contributed by atoms with E-state index in [9.17, 15) is 10.0 Å². The Morgan fingerprint density at radius 1 is 1.11 bits per heavy atom. The molecule has 0 unspecified atom stereocenters. The first kappa shape index (κ1) is 11.6. The van der Waals surface area contributed by atoms with Gasteiger partial charge in [-0.05, 0) is 30.0 Å². The average molecular weight is 254 g/mol. The van der Waals surface area contributed by atoms with Crippen LogP contribution in [0.4, 0.5) is 0 Å². The highest BCUT2D eigenvalue weighted by Gasteiger charge is 2.04. The lowest BCUT2D eigenvalue weighted by molar-refractivity contribution is 0.174. The Hall–Kier alpha value is -2.49. The molecule has 0 atom stereocenters. The Balaban J connectivity index is 1.82. The first-order valence-corrected chi connectivity index (χ1v) is 6.20. The number of rotatable bonds is 3. The van der Waals surface area contributed by atoms with Crippen LogP contribution in [0.5, 0.6) is 0 Å². The van der Waals surface area contributed by atoms with Crippen LogP contribution < -0.4 is 5.56 Å². The smallest absolute Gasteiger partial charge is 0.282 e. The third-order valence-electron chi connectivity index (χ3n) is 3.31. The zero-order chi connectivity index (χ0) is 13.2. The van der Waals surface area contributed by atoms with E-state index >= 15 is 0 Å². The monoisotopic (exact) mass is 254 g/mol. The van der Waals surface area contributed by atoms with E-state index in [0.717, 1.165) is 23.9 Å². The molecule has 3 aromatic rings. The summed E-state index contributed by atoms with van der Waals surface area (Å²) in [5.41, 5.74) is 2.90. The van der Waals surface area contributed by atoms with Gasteiger partial charge in [-0.25, -0.2) is 0 Å². The maximum Gasteiger partial charge on any atom is 0.282 e. The Kier molecular flexibility index (Phi) is 2.83. The number of pyridine rings is 1. The van der Waals surface area contributed by atoms with Crippen LogP contribution in [0.1, 0.15) is 11.1 Å². The van der Waals surface area contributed by atoms with Crippen LogP contribution in [0, 0.1) is 0 Å². The van der Waals surface area contributed by atoms with Crippen molar-refractivity contribution in [1.82, 2.24) is 9.71 Å². The topological polar surface area (TPSA) is 58.0 Å². The van der Waals surface area contributed by atoms with Gasteiger partial charge in [-0.2, -0.15) is 4.73 Å². The third-order valence-corrected chi connectivity index (χ3v) is 3.31. The molecule has 0 saturated heterocycles. The van der Waals surface area contributed by atoms with Crippen molar-refractivity contribution in [2.45, 2.75) is 12.8 Å². The van der Waals surface area contributed by atoms with Gasteiger partial charge in [0.25, 0.3) is 5.56 Å². The summed E-state index contributed by atoms with van der Waals surface area (Å²) in [5, 5.41) is 10.5. The molecule has 2 heterocycles. The number of para-hydroxylation sites is 1. The minimum atomic E-state index is -0.407. The quantitative estimate of drug-likeness (QED) is 0.705. The molecule has 0 aliphatic carbocycles. The lowest BCUT2D eigenvalue weighted by Gasteiger charge is -2.02. The van der Waals surface area contributed by atoms with Crippen LogP contribution in [0.25, 0.3) is 10.9 Å². The van der Waals surface area contributed by atoms with Crippen molar-refractivity contribution >= 4 is 10.9 Å². The van der Waals surface area contributed by atoms with Gasteiger partial charge in [0.2, 0.25) is 0 Å². The number of nitrogens with one attached hydrogen (secondary N) is 1. The maximum atomic E-state index is 11.1. The van der Waals surface area contributed by atoms with Gasteiger partial charge >= 0.3 is 0 Å². The summed E-state index contributed by atoms with van der Waals surface area (Å²) >= 11 is 0. The highest BCUT2D eigenvalue weighted by Crippen LogP contribution is 2.19. The van der Waals surface area contributed by atoms with E-state index in [0.29, 0.717) is 4.73 Å². The van der Waals surface area contributed by atoms with Crippen LogP contribution in [0.15, 0.2) is 53.6 Å². The SMILES string of the molecule is O=c1ccc(CCc2c[nH]c3ccccc23)cn1O. The van der Waals surface area contributed by atoms with Gasteiger partial charge in [0.1, 0.15) is 0 Å². The maximum absolute atomic E-state index is 11.1. The van der Waals surface area contributed by atoms with Crippen molar-refractivity contribution in [3.05, 3.63) is 70.3 Å². The second-order valence-electron chi connectivity index (χ2n) is 4.58. The molecule has 4 heteroatoms. The molecule has 1 aromatic carbocycles. The zero-order valence-corrected chi connectivity index (χ0v) is 10.3. The van der Waals surface area contributed by atoms with Crippen LogP contribution >= 0.6 is 0 Å². The summed E-state index contributed by atoms with van der Waals surface area (Å²) in [7, 11) is 0. The largest absolute Gasteiger partial charge is 0.425 e. The van der Waals surface area contributed by atoms with E-state index in [1.165, 1.54) is 23.2 Å². The average Bonchev–Trinajstić information content (AvgIpc) is 2.83. The zero-order valence-electron chi connectivity index (χ0n) is 10.3. The molecule has 19 heavy (non-hydrogen) atoms. The molecule has 0 saturated carbocycles. The molecule has 0 radical (unpaired) electrons. The number of H-pyrrole nitrogens is 1. The molecule has 0 spiro atoms. The predicted molar refractivity (Wildman–Crippen MR) is 73.6 cm³/mol. The number of hydrogen-bond acceptors (Lipinski definition) is 2. The number of fused-ring (bicyclic) bond motifs is 1. The van der Waals surface area contributed by atoms with E-state index < -0.39 is 5.56 Å². The standard InChI is InChI=1S/C15H14N2O2/c18-15-8-6-11(10-17(15)19)5-7-12-9-16-14-4-2-1-3-13(12)14/h1-4,6,8-10,16,19H,5,7H2. The second-order valence-corrected chi connectivity index (χ2v) is 4.58. The van der Waals surface area contributed by atoms with Crippen LogP contribution in [0.3, 0.4) is 0 Å². The Bertz CT molecular complexity index is 771. The lowest BCUT2D eigenvalue weighted by atomic mass is 10.1. The summed E-state index contributed by atoms with van der Waals surface area (Å²) in [6, 6.07) is 11.3. The Morgan fingerprint density at radius 2 is 1.95 bits per heavy atom. The highest BCUT2D eigenvalue weighted by molar-refractivity contribution is 5.83. The molecule has 4 nitrogen and oxygen atoms in total. The number of hydrogen-bond donors (Lipinski definition) is 2. The number of aromatic nitrogens is 2. The molecular formula is C15H14N2O2. The van der Waals surface area contributed by atoms with Crippen molar-refractivity contribution in [1.29, 1.82) is 0 Å². The van der Waals surface area contributed by atoms with Crippen LogP contribution in [-0.4, -0.2) is 14.9 Å². The van der Waals surface area contributed by atoms with Gasteiger partial charge in [0, 0.05) is 23.2 Å². The van der Waals surface area contributed by atoms with E-state index in [2.05, 4.69) is 11.1 Å². The molecule has 2 aromatic heterocycles. The molecular weight excluding hydrogens is 240 g/mol. The minimum Gasteiger partial charge on any atom is -0.425 e. The van der Waals surface area contributed by atoms with Gasteiger partial charge in [-0.1, -0.05) is 24.3 Å². The molecule has 0 aliphatic heterocycles. The fourth-order valence-electron chi connectivity index (χ4n) is 2.28. The van der Waals surface area contributed by atoms with Gasteiger partial charge in [-0.15, -0.1) is 0 Å². The van der Waals surface area contributed by atoms with E-state index in [-0.39, 0.29) is 0 Å². The minimum absolute atomic E-state index is 0.407. The van der Waals surface area contributed by atoms with E-state index in [1.54, 1.807) is 6.07 Å². The molecule has 0 aliphatic rings. The first-order valence-electron chi connectivity index (χ1n) is 6.20. The summed E-state index contributed by atoms with van der Waals surface area (Å²) in [6.45, 7) is 0. The number of nitrogens with zero attached hydrogens (tertiary/aromatic N) is 1.